The molecule has 16 heteroatoms. The Bertz CT molecular complexity index is 3750. The Morgan fingerprint density at radius 3 is 1.30 bits per heavy atom. The van der Waals surface area contributed by atoms with Crippen molar-refractivity contribution in [1.29, 1.82) is 0 Å². The third-order valence-electron chi connectivity index (χ3n) is 33.3. The molecule has 12 aliphatic rings. The lowest BCUT2D eigenvalue weighted by Crippen LogP contribution is -2.62. The number of fused-ring (bicyclic) bond motifs is 15. The lowest BCUT2D eigenvalue weighted by molar-refractivity contribution is -0.208. The van der Waals surface area contributed by atoms with Gasteiger partial charge in [0.15, 0.2) is 0 Å². The average molecular weight is 1460 g/mol. The number of nitrogens with two attached hydrogens (primary N) is 1. The quantitative estimate of drug-likeness (QED) is 0.0882. The first-order chi connectivity index (χ1) is 49.5. The molecule has 582 valence electrons. The smallest absolute Gasteiger partial charge is 0.335 e. The van der Waals surface area contributed by atoms with Crippen LogP contribution >= 0.6 is 0 Å². The summed E-state index contributed by atoms with van der Waals surface area (Å²) in [4.78, 5) is 69.6. The van der Waals surface area contributed by atoms with Crippen molar-refractivity contribution in [3.05, 3.63) is 115 Å². The molecule has 11 fully saturated rings. The van der Waals surface area contributed by atoms with Crippen LogP contribution in [-0.2, 0) is 23.9 Å². The maximum absolute atomic E-state index is 12.6. The van der Waals surface area contributed by atoms with Crippen molar-refractivity contribution in [1.82, 2.24) is 0 Å². The van der Waals surface area contributed by atoms with Crippen LogP contribution in [0.4, 0.5) is 0 Å². The van der Waals surface area contributed by atoms with E-state index in [9.17, 15) is 44.1 Å². The molecule has 0 aromatic carbocycles. The molecule has 0 aliphatic heterocycles. The average Bonchev–Trinajstić information content (AvgIpc) is 1.65. The van der Waals surface area contributed by atoms with Gasteiger partial charge in [-0.1, -0.05) is 109 Å². The predicted molar refractivity (Wildman–Crippen MR) is 405 cm³/mol. The molecule has 15 rings (SSSR count). The summed E-state index contributed by atoms with van der Waals surface area (Å²) >= 11 is 0. The number of allylic oxidation sites excluding steroid dienone is 2. The summed E-state index contributed by atoms with van der Waals surface area (Å²) in [5.74, 6) is 5.11. The number of aliphatic hydroxyl groups excluding tert-OH is 1. The third kappa shape index (κ3) is 14.3. The zero-order valence-electron chi connectivity index (χ0n) is 66.1. The van der Waals surface area contributed by atoms with E-state index in [-0.39, 0.29) is 110 Å². The van der Waals surface area contributed by atoms with E-state index in [1.807, 2.05) is 52.8 Å². The first-order valence-electron chi connectivity index (χ1n) is 41.4. The molecule has 11 saturated carbocycles. The highest BCUT2D eigenvalue weighted by Gasteiger charge is 2.70. The number of rotatable bonds is 11. The standard InChI is InChI=1S/C30H44O5.C29H41NO4.C24H34O4.C6H12O2/c1-18(2)19(3)27(32)35-22-10-13-28(4)21(16-22)7-8-25-24(28)11-14-29(5)23(12-15-30(25,29)33)20-6-9-26(31)34-17-20;1-17(2)26(30)27(32)34-20-11-13-28(3)19(15-20)6-7-21-23-9-8-22(18-5-10-25(31)33-16-18)29(23,4)14-12-24(21)28;1-22-10-7-17(25)13-16(22)4-5-20-19(22)8-11-23(2)18(9-12-24(20,23)27)15-3-6-21(26)28-14-15;1-4(2)5(3)6(7)8/h6,9,17-19,21-25,33H,7-8,10-16H2,1-5H3;5,9-10,16-17,19-22,24,26H,6-8,11-15,30H2,1-4H3;3,6,14,16-20,25,27H,4-5,7-13H2,1-2H3;4-5H,1-3H3,(H,7,8)/t19-,21+,22-,23+,24-,25+,28-,29+,30-;19-,20+,21+,22-,24+,26+,28+,29-;16-,17+,18-,19+,20-,22+,23-,24+;5-/m0110/s1. The molecule has 6 N–H and O–H groups in total. The van der Waals surface area contributed by atoms with Crippen LogP contribution in [0.5, 0.6) is 0 Å². The molecular formula is C89H131NO15. The first-order valence-corrected chi connectivity index (χ1v) is 41.4. The van der Waals surface area contributed by atoms with Gasteiger partial charge >= 0.3 is 34.8 Å². The number of esters is 2. The lowest BCUT2D eigenvalue weighted by Gasteiger charge is -2.63. The van der Waals surface area contributed by atoms with Gasteiger partial charge in [0.1, 0.15) is 18.2 Å². The molecule has 0 amide bonds. The Labute approximate surface area is 625 Å². The molecule has 16 nitrogen and oxygen atoms in total. The van der Waals surface area contributed by atoms with Gasteiger partial charge in [-0.15, -0.1) is 0 Å². The summed E-state index contributed by atoms with van der Waals surface area (Å²) in [5.41, 5.74) is 9.34. The Morgan fingerprint density at radius 1 is 0.457 bits per heavy atom. The lowest BCUT2D eigenvalue weighted by atomic mass is 9.43. The van der Waals surface area contributed by atoms with Crippen LogP contribution in [0.15, 0.2) is 94.5 Å². The van der Waals surface area contributed by atoms with Gasteiger partial charge in [0.2, 0.25) is 0 Å². The van der Waals surface area contributed by atoms with Crippen LogP contribution in [0.1, 0.15) is 298 Å². The van der Waals surface area contributed by atoms with E-state index >= 15 is 0 Å². The van der Waals surface area contributed by atoms with Crippen LogP contribution < -0.4 is 22.6 Å². The number of hydrogen-bond donors (Lipinski definition) is 5. The van der Waals surface area contributed by atoms with Crippen molar-refractivity contribution in [2.45, 2.75) is 317 Å². The van der Waals surface area contributed by atoms with Gasteiger partial charge in [0.05, 0.1) is 47.9 Å². The van der Waals surface area contributed by atoms with E-state index in [1.165, 1.54) is 44.2 Å². The molecule has 3 heterocycles. The fourth-order valence-corrected chi connectivity index (χ4v) is 25.8. The molecule has 0 saturated heterocycles. The fraction of sp³-hybridized carbons (Fsp3) is 0.775. The van der Waals surface area contributed by atoms with Gasteiger partial charge < -0.3 is 48.9 Å². The second kappa shape index (κ2) is 30.3. The maximum atomic E-state index is 12.6. The molecule has 0 bridgehead atoms. The van der Waals surface area contributed by atoms with Gasteiger partial charge in [0.25, 0.3) is 0 Å². The van der Waals surface area contributed by atoms with Crippen LogP contribution in [0.25, 0.3) is 0 Å². The van der Waals surface area contributed by atoms with E-state index in [0.717, 1.165) is 152 Å². The summed E-state index contributed by atoms with van der Waals surface area (Å²) in [6.07, 6.45) is 34.6. The molecule has 0 spiro atoms. The molecule has 26 atom stereocenters. The van der Waals surface area contributed by atoms with Crippen molar-refractivity contribution in [2.75, 3.05) is 0 Å². The van der Waals surface area contributed by atoms with Crippen LogP contribution in [0.2, 0.25) is 0 Å². The largest absolute Gasteiger partial charge is 0.481 e. The number of carbonyl (C=O) groups is 3. The number of hydrogen-bond acceptors (Lipinski definition) is 15. The molecule has 0 unspecified atom stereocenters. The topological polar surface area (TPSA) is 267 Å². The number of aliphatic carboxylic acids is 1. The summed E-state index contributed by atoms with van der Waals surface area (Å²) in [5, 5.41) is 43.1. The minimum atomic E-state index is -0.708. The Kier molecular flexibility index (Phi) is 22.9. The molecule has 105 heavy (non-hydrogen) atoms. The third-order valence-corrected chi connectivity index (χ3v) is 33.3. The van der Waals surface area contributed by atoms with Gasteiger partial charge in [-0.2, -0.15) is 0 Å². The summed E-state index contributed by atoms with van der Waals surface area (Å²) < 4.78 is 27.5. The predicted octanol–water partition coefficient (Wildman–Crippen LogP) is 17.3. The van der Waals surface area contributed by atoms with Gasteiger partial charge in [-0.25, -0.2) is 14.4 Å². The normalized spacial score (nSPS) is 42.1. The molecule has 0 radical (unpaired) electrons. The molecule has 3 aromatic heterocycles. The van der Waals surface area contributed by atoms with Crippen molar-refractivity contribution >= 4 is 17.9 Å². The van der Waals surface area contributed by atoms with Crippen LogP contribution in [0, 0.1) is 115 Å². The minimum absolute atomic E-state index is 0.0172. The number of aliphatic hydroxyl groups is 3. The van der Waals surface area contributed by atoms with E-state index in [4.69, 9.17) is 33.6 Å². The molecule has 3 aromatic rings. The fourth-order valence-electron chi connectivity index (χ4n) is 25.8. The summed E-state index contributed by atoms with van der Waals surface area (Å²) in [6, 6.07) is 9.84. The zero-order chi connectivity index (χ0) is 75.9. The zero-order valence-corrected chi connectivity index (χ0v) is 66.1. The Hall–Kier alpha value is -5.16. The van der Waals surface area contributed by atoms with E-state index in [0.29, 0.717) is 70.5 Å². The summed E-state index contributed by atoms with van der Waals surface area (Å²) in [6.45, 7) is 30.0. The van der Waals surface area contributed by atoms with E-state index in [1.54, 1.807) is 37.4 Å². The van der Waals surface area contributed by atoms with Gasteiger partial charge in [-0.05, 0) is 312 Å². The monoisotopic (exact) mass is 1450 g/mol. The SMILES string of the molecule is CC(C)[C@H](C)C(=O)O.CC(C)[C@H](C)C(=O)O[C@H]1CC[C@@]2(C)[C@H](CC[C@@H]3[C@@H]2CC[C@]2(C)[C@@H](c4ccc(=O)oc4)CC[C@]32O)C1.CC(C)[C@H](N)C(=O)O[C@H]1CC[C@@]2(C)[C@H](CC[C@H]3C4=CC[C@H](c5ccc(=O)oc5)[C@@]4(C)CC[C@@H]32)C1.C[C@]12CC[C@H](O)C[C@H]1CC[C@@H]1[C@@H]2CC[C@]2(C)[C@@H](c3ccc(=O)oc3)CC[C@]12O. The number of carboxylic acid groups (broad SMARTS) is 1. The number of carbonyl (C=O) groups excluding carboxylic acids is 2. The second-order valence-corrected chi connectivity index (χ2v) is 38.8. The molecule has 12 aliphatic carbocycles. The van der Waals surface area contributed by atoms with E-state index in [2.05, 4.69) is 61.5 Å². The highest BCUT2D eigenvalue weighted by Crippen LogP contribution is 2.74. The highest BCUT2D eigenvalue weighted by molar-refractivity contribution is 5.76. The maximum Gasteiger partial charge on any atom is 0.335 e. The van der Waals surface area contributed by atoms with Crippen LogP contribution in [0.3, 0.4) is 0 Å². The van der Waals surface area contributed by atoms with E-state index < -0.39 is 23.2 Å². The Balaban J connectivity index is 0.000000141. The number of ether oxygens (including phenoxy) is 2. The molecular weight excluding hydrogens is 1320 g/mol. The first kappa shape index (κ1) is 79.4. The van der Waals surface area contributed by atoms with Crippen molar-refractivity contribution in [3.8, 4) is 0 Å². The van der Waals surface area contributed by atoms with Crippen molar-refractivity contribution < 1.29 is 57.5 Å². The second-order valence-electron chi connectivity index (χ2n) is 38.8. The van der Waals surface area contributed by atoms with Crippen molar-refractivity contribution in [3.63, 3.8) is 0 Å². The van der Waals surface area contributed by atoms with Crippen molar-refractivity contribution in [2.24, 2.45) is 121 Å². The number of carboxylic acids is 1. The highest BCUT2D eigenvalue weighted by atomic mass is 16.5. The minimum Gasteiger partial charge on any atom is -0.481 e. The van der Waals surface area contributed by atoms with Crippen LogP contribution in [-0.4, -0.2) is 73.9 Å². The van der Waals surface area contributed by atoms with Gasteiger partial charge in [-0.3, -0.25) is 14.4 Å². The summed E-state index contributed by atoms with van der Waals surface area (Å²) in [7, 11) is 0. The van der Waals surface area contributed by atoms with Gasteiger partial charge in [0, 0.05) is 29.0 Å². The Morgan fingerprint density at radius 2 is 0.876 bits per heavy atom.